The number of hydrogen-bond acceptors (Lipinski definition) is 2. The third kappa shape index (κ3) is 5.42. The number of hydrogen-bond donors (Lipinski definition) is 4. The Kier molecular flexibility index (Phi) is 7.03. The van der Waals surface area contributed by atoms with E-state index in [-0.39, 0.29) is 0 Å². The fraction of sp³-hybridized carbons (Fsp3) is 0.500. The van der Waals surface area contributed by atoms with Crippen LogP contribution in [0.25, 0.3) is 0 Å². The lowest BCUT2D eigenvalue weighted by Gasteiger charge is -2.21. The molecule has 1 aromatic carbocycles. The maximum absolute atomic E-state index is 5.56. The fourth-order valence-corrected chi connectivity index (χ4v) is 2.62. The van der Waals surface area contributed by atoms with Gasteiger partial charge >= 0.3 is 0 Å². The van der Waals surface area contributed by atoms with E-state index in [1.165, 1.54) is 22.3 Å². The first-order chi connectivity index (χ1) is 10.2. The zero-order chi connectivity index (χ0) is 16.9. The summed E-state index contributed by atoms with van der Waals surface area (Å²) in [5, 5.41) is 6.69. The van der Waals surface area contributed by atoms with Crippen LogP contribution in [0.15, 0.2) is 12.1 Å². The number of rotatable bonds is 6. The molecule has 0 fully saturated rings. The van der Waals surface area contributed by atoms with Crippen molar-refractivity contribution in [2.24, 2.45) is 11.5 Å². The lowest BCUT2D eigenvalue weighted by molar-refractivity contribution is 0.776. The molecular weight excluding hydrogens is 312 g/mol. The largest absolute Gasteiger partial charge is 0.376 e. The Morgan fingerprint density at radius 1 is 0.864 bits per heavy atom. The molecule has 0 amide bonds. The maximum atomic E-state index is 5.56. The van der Waals surface area contributed by atoms with Gasteiger partial charge in [-0.05, 0) is 58.5 Å². The Labute approximate surface area is 144 Å². The molecule has 0 unspecified atom stereocenters. The maximum Gasteiger partial charge on any atom is 0.163 e. The van der Waals surface area contributed by atoms with Crippen molar-refractivity contribution in [1.82, 2.24) is 10.6 Å². The quantitative estimate of drug-likeness (QED) is 0.597. The van der Waals surface area contributed by atoms with Gasteiger partial charge in [0.05, 0.1) is 0 Å². The average molecular weight is 339 g/mol. The molecule has 0 radical (unpaired) electrons. The van der Waals surface area contributed by atoms with Gasteiger partial charge in [0.15, 0.2) is 10.2 Å². The van der Waals surface area contributed by atoms with Crippen LogP contribution < -0.4 is 22.1 Å². The van der Waals surface area contributed by atoms with Gasteiger partial charge in [0.1, 0.15) is 0 Å². The van der Waals surface area contributed by atoms with E-state index < -0.39 is 0 Å². The van der Waals surface area contributed by atoms with E-state index in [9.17, 15) is 0 Å². The number of nitrogens with two attached hydrogens (primary N) is 2. The summed E-state index contributed by atoms with van der Waals surface area (Å²) >= 11 is 9.82. The summed E-state index contributed by atoms with van der Waals surface area (Å²) in [7, 11) is 0. The van der Waals surface area contributed by atoms with Crippen LogP contribution in [0.4, 0.5) is 0 Å². The summed E-state index contributed by atoms with van der Waals surface area (Å²) in [6.07, 6.45) is 0. The lowest BCUT2D eigenvalue weighted by Crippen LogP contribution is -2.30. The molecule has 0 saturated carbocycles. The van der Waals surface area contributed by atoms with Crippen LogP contribution in [0.5, 0.6) is 0 Å². The van der Waals surface area contributed by atoms with E-state index in [0.29, 0.717) is 35.2 Å². The van der Waals surface area contributed by atoms with E-state index >= 15 is 0 Å². The Morgan fingerprint density at radius 3 is 1.50 bits per heavy atom. The SMILES string of the molecule is CC(C)c1cc(C(C)C)c(CNC(N)=S)cc1CNC(N)=S. The molecular formula is C16H26N4S2. The second-order valence-corrected chi connectivity index (χ2v) is 6.87. The molecule has 0 spiro atoms. The minimum atomic E-state index is 0.311. The summed E-state index contributed by atoms with van der Waals surface area (Å²) in [6, 6.07) is 4.48. The van der Waals surface area contributed by atoms with Crippen LogP contribution in [0.1, 0.15) is 61.8 Å². The summed E-state index contributed by atoms with van der Waals surface area (Å²) in [5.41, 5.74) is 16.1. The molecule has 0 heterocycles. The van der Waals surface area contributed by atoms with E-state index in [1.54, 1.807) is 0 Å². The second-order valence-electron chi connectivity index (χ2n) is 5.99. The van der Waals surface area contributed by atoms with Gasteiger partial charge < -0.3 is 22.1 Å². The van der Waals surface area contributed by atoms with Gasteiger partial charge in [-0.25, -0.2) is 0 Å². The molecule has 0 bridgehead atoms. The highest BCUT2D eigenvalue weighted by atomic mass is 32.1. The number of nitrogens with one attached hydrogen (secondary N) is 2. The van der Waals surface area contributed by atoms with Gasteiger partial charge in [-0.2, -0.15) is 0 Å². The van der Waals surface area contributed by atoms with E-state index in [0.717, 1.165) is 0 Å². The van der Waals surface area contributed by atoms with Gasteiger partial charge in [0, 0.05) is 13.1 Å². The minimum Gasteiger partial charge on any atom is -0.376 e. The predicted octanol–water partition coefficient (Wildman–Crippen LogP) is 2.60. The molecule has 0 aliphatic heterocycles. The molecule has 1 aromatic rings. The first kappa shape index (κ1) is 18.6. The molecule has 0 aliphatic carbocycles. The minimum absolute atomic E-state index is 0.311. The van der Waals surface area contributed by atoms with Crippen molar-refractivity contribution in [3.05, 3.63) is 34.4 Å². The van der Waals surface area contributed by atoms with Crippen LogP contribution in [0.3, 0.4) is 0 Å². The van der Waals surface area contributed by atoms with Crippen molar-refractivity contribution in [3.8, 4) is 0 Å². The third-order valence-electron chi connectivity index (χ3n) is 3.55. The molecule has 6 heteroatoms. The van der Waals surface area contributed by atoms with Crippen molar-refractivity contribution in [2.75, 3.05) is 0 Å². The predicted molar refractivity (Wildman–Crippen MR) is 102 cm³/mol. The summed E-state index contributed by atoms with van der Waals surface area (Å²) in [5.74, 6) is 0.858. The van der Waals surface area contributed by atoms with Gasteiger partial charge in [-0.1, -0.05) is 39.8 Å². The van der Waals surface area contributed by atoms with Crippen LogP contribution in [0.2, 0.25) is 0 Å². The molecule has 22 heavy (non-hydrogen) atoms. The first-order valence-corrected chi connectivity index (χ1v) is 8.26. The Morgan fingerprint density at radius 2 is 1.23 bits per heavy atom. The molecule has 122 valence electrons. The third-order valence-corrected chi connectivity index (χ3v) is 3.84. The number of benzene rings is 1. The first-order valence-electron chi connectivity index (χ1n) is 7.44. The van der Waals surface area contributed by atoms with Gasteiger partial charge in [0.2, 0.25) is 0 Å². The molecule has 6 N–H and O–H groups in total. The summed E-state index contributed by atoms with van der Waals surface area (Å²) in [4.78, 5) is 0. The monoisotopic (exact) mass is 338 g/mol. The molecule has 1 rings (SSSR count). The van der Waals surface area contributed by atoms with Crippen LogP contribution in [-0.4, -0.2) is 10.2 Å². The molecule has 0 aromatic heterocycles. The molecule has 4 nitrogen and oxygen atoms in total. The van der Waals surface area contributed by atoms with Gasteiger partial charge in [-0.15, -0.1) is 0 Å². The van der Waals surface area contributed by atoms with Crippen LogP contribution in [-0.2, 0) is 13.1 Å². The topological polar surface area (TPSA) is 76.1 Å². The van der Waals surface area contributed by atoms with E-state index in [1.807, 2.05) is 0 Å². The van der Waals surface area contributed by atoms with Crippen molar-refractivity contribution < 1.29 is 0 Å². The van der Waals surface area contributed by atoms with Crippen molar-refractivity contribution in [2.45, 2.75) is 52.6 Å². The lowest BCUT2D eigenvalue weighted by atomic mass is 9.87. The highest BCUT2D eigenvalue weighted by molar-refractivity contribution is 7.80. The Balaban J connectivity index is 3.24. The number of thiocarbonyl (C=S) groups is 2. The zero-order valence-electron chi connectivity index (χ0n) is 13.7. The highest BCUT2D eigenvalue weighted by Crippen LogP contribution is 2.28. The molecule has 0 saturated heterocycles. The second kappa shape index (κ2) is 8.29. The van der Waals surface area contributed by atoms with E-state index in [2.05, 4.69) is 50.5 Å². The Hall–Kier alpha value is -1.40. The smallest absolute Gasteiger partial charge is 0.163 e. The van der Waals surface area contributed by atoms with E-state index in [4.69, 9.17) is 35.9 Å². The van der Waals surface area contributed by atoms with Crippen molar-refractivity contribution >= 4 is 34.7 Å². The van der Waals surface area contributed by atoms with Gasteiger partial charge in [-0.3, -0.25) is 0 Å². The average Bonchev–Trinajstić information content (AvgIpc) is 2.41. The molecule has 0 aliphatic rings. The Bertz CT molecular complexity index is 508. The van der Waals surface area contributed by atoms with Crippen molar-refractivity contribution in [3.63, 3.8) is 0 Å². The summed E-state index contributed by atoms with van der Waals surface area (Å²) < 4.78 is 0. The zero-order valence-corrected chi connectivity index (χ0v) is 15.3. The van der Waals surface area contributed by atoms with Crippen LogP contribution >= 0.6 is 24.4 Å². The summed E-state index contributed by atoms with van der Waals surface area (Å²) in [6.45, 7) is 10.0. The van der Waals surface area contributed by atoms with Crippen molar-refractivity contribution in [1.29, 1.82) is 0 Å². The highest BCUT2D eigenvalue weighted by Gasteiger charge is 2.14. The fourth-order valence-electron chi connectivity index (χ4n) is 2.48. The molecule has 0 atom stereocenters. The van der Waals surface area contributed by atoms with Crippen LogP contribution in [0, 0.1) is 0 Å². The standard InChI is InChI=1S/C16H26N4S2/c1-9(2)13-6-14(10(3)4)12(8-20-16(18)22)5-11(13)7-19-15(17)21/h5-6,9-10H,7-8H2,1-4H3,(H3,17,19,21)(H3,18,20,22). The van der Waals surface area contributed by atoms with Gasteiger partial charge in [0.25, 0.3) is 0 Å². The normalized spacial score (nSPS) is 10.8.